The topological polar surface area (TPSA) is 84.3 Å². The van der Waals surface area contributed by atoms with Crippen LogP contribution in [-0.2, 0) is 4.79 Å². The number of aryl methyl sites for hydroxylation is 1. The summed E-state index contributed by atoms with van der Waals surface area (Å²) in [6.45, 7) is 9.13. The minimum Gasteiger partial charge on any atom is -0.338 e. The molecule has 3 aromatic rings. The molecule has 7 nitrogen and oxygen atoms in total. The van der Waals surface area contributed by atoms with E-state index in [1.54, 1.807) is 42.8 Å². The number of anilines is 1. The minimum atomic E-state index is -0.792. The van der Waals surface area contributed by atoms with Crippen molar-refractivity contribution in [1.82, 2.24) is 14.7 Å². The molecule has 0 spiro atoms. The summed E-state index contributed by atoms with van der Waals surface area (Å²) in [5, 5.41) is 7.15. The average molecular weight is 459 g/mol. The number of carbonyl (C=O) groups is 3. The molecule has 1 saturated heterocycles. The van der Waals surface area contributed by atoms with E-state index in [4.69, 9.17) is 0 Å². The summed E-state index contributed by atoms with van der Waals surface area (Å²) in [6.07, 6.45) is 1.09. The van der Waals surface area contributed by atoms with Crippen molar-refractivity contribution < 1.29 is 14.4 Å². The summed E-state index contributed by atoms with van der Waals surface area (Å²) in [6, 6.07) is 16.3. The van der Waals surface area contributed by atoms with Crippen LogP contribution < -0.4 is 5.32 Å². The largest absolute Gasteiger partial charge is 0.338 e. The molecule has 2 aromatic carbocycles. The van der Waals surface area contributed by atoms with Crippen molar-refractivity contribution in [2.75, 3.05) is 18.4 Å². The first kappa shape index (κ1) is 23.4. The number of amides is 2. The highest BCUT2D eigenvalue weighted by atomic mass is 16.2. The highest BCUT2D eigenvalue weighted by Gasteiger charge is 2.29. The second-order valence-electron chi connectivity index (χ2n) is 9.28. The molecule has 2 unspecified atom stereocenters. The van der Waals surface area contributed by atoms with Gasteiger partial charge in [-0.1, -0.05) is 44.2 Å². The first-order chi connectivity index (χ1) is 16.3. The molecule has 1 N–H and O–H groups in total. The van der Waals surface area contributed by atoms with E-state index in [0.717, 1.165) is 12.1 Å². The molecule has 0 saturated carbocycles. The molecule has 0 radical (unpaired) electrons. The Morgan fingerprint density at radius 1 is 0.912 bits per heavy atom. The zero-order chi connectivity index (χ0) is 24.4. The summed E-state index contributed by atoms with van der Waals surface area (Å²) in [4.78, 5) is 41.3. The Labute approximate surface area is 199 Å². The molecule has 4 rings (SSSR count). The van der Waals surface area contributed by atoms with Crippen LogP contribution in [0.1, 0.15) is 52.4 Å². The number of nitrogens with one attached hydrogen (secondary N) is 1. The summed E-state index contributed by atoms with van der Waals surface area (Å²) in [5.74, 6) is -0.767. The molecule has 0 aliphatic carbocycles. The summed E-state index contributed by atoms with van der Waals surface area (Å²) >= 11 is 0. The smallest absolute Gasteiger partial charge is 0.296 e. The van der Waals surface area contributed by atoms with Crippen LogP contribution in [0.15, 0.2) is 54.6 Å². The molecule has 2 heterocycles. The number of piperidine rings is 1. The Hall–Kier alpha value is -3.74. The van der Waals surface area contributed by atoms with Crippen LogP contribution in [0, 0.1) is 25.7 Å². The molecule has 1 aromatic heterocycles. The Bertz CT molecular complexity index is 1220. The van der Waals surface area contributed by atoms with Gasteiger partial charge in [0.05, 0.1) is 33.9 Å². The summed E-state index contributed by atoms with van der Waals surface area (Å²) in [5.41, 5.74) is 2.86. The molecule has 2 atom stereocenters. The summed E-state index contributed by atoms with van der Waals surface area (Å²) < 4.78 is 1.66. The Balaban J connectivity index is 1.57. The molecular formula is C27H30N4O3. The molecule has 7 heteroatoms. The van der Waals surface area contributed by atoms with E-state index >= 15 is 0 Å². The molecule has 34 heavy (non-hydrogen) atoms. The Morgan fingerprint density at radius 2 is 1.53 bits per heavy atom. The van der Waals surface area contributed by atoms with Crippen LogP contribution in [0.25, 0.3) is 5.69 Å². The van der Waals surface area contributed by atoms with E-state index in [1.807, 2.05) is 35.2 Å². The zero-order valence-electron chi connectivity index (χ0n) is 20.0. The third-order valence-electron chi connectivity index (χ3n) is 6.29. The maximum Gasteiger partial charge on any atom is 0.296 e. The number of aromatic nitrogens is 2. The van der Waals surface area contributed by atoms with E-state index in [1.165, 1.54) is 0 Å². The standard InChI is InChI=1S/C27H30N4O3/c1-17-14-18(2)16-30(15-17)27(34)22-12-8-9-13-23(22)28-26(33)25(32)24-19(3)29-31(20(24)4)21-10-6-5-7-11-21/h5-13,17-18H,14-16H2,1-4H3,(H,28,33). The van der Waals surface area contributed by atoms with Crippen LogP contribution in [0.5, 0.6) is 0 Å². The lowest BCUT2D eigenvalue weighted by atomic mass is 9.91. The number of ketones is 1. The third kappa shape index (κ3) is 4.64. The van der Waals surface area contributed by atoms with Gasteiger partial charge in [-0.15, -0.1) is 0 Å². The van der Waals surface area contributed by atoms with Crippen molar-refractivity contribution in [3.63, 3.8) is 0 Å². The molecular weight excluding hydrogens is 428 g/mol. The number of carbonyl (C=O) groups excluding carboxylic acids is 3. The fourth-order valence-corrected chi connectivity index (χ4v) is 4.86. The maximum atomic E-state index is 13.3. The SMILES string of the molecule is Cc1nn(-c2ccccc2)c(C)c1C(=O)C(=O)Nc1ccccc1C(=O)N1CC(C)CC(C)C1. The van der Waals surface area contributed by atoms with Gasteiger partial charge < -0.3 is 10.2 Å². The number of benzene rings is 2. The number of Topliss-reactive ketones (excluding diaryl/α,β-unsaturated/α-hetero) is 1. The van der Waals surface area contributed by atoms with Crippen molar-refractivity contribution in [2.45, 2.75) is 34.1 Å². The van der Waals surface area contributed by atoms with Gasteiger partial charge in [0.1, 0.15) is 0 Å². The van der Waals surface area contributed by atoms with Gasteiger partial charge >= 0.3 is 0 Å². The highest BCUT2D eigenvalue weighted by molar-refractivity contribution is 6.47. The first-order valence-corrected chi connectivity index (χ1v) is 11.6. The molecule has 176 valence electrons. The minimum absolute atomic E-state index is 0.133. The van der Waals surface area contributed by atoms with E-state index in [9.17, 15) is 14.4 Å². The molecule has 0 bridgehead atoms. The number of likely N-dealkylation sites (tertiary alicyclic amines) is 1. The van der Waals surface area contributed by atoms with E-state index in [-0.39, 0.29) is 11.5 Å². The average Bonchev–Trinajstić information content (AvgIpc) is 3.12. The lowest BCUT2D eigenvalue weighted by Crippen LogP contribution is -2.42. The van der Waals surface area contributed by atoms with Crippen molar-refractivity contribution in [3.8, 4) is 5.69 Å². The zero-order valence-corrected chi connectivity index (χ0v) is 20.0. The monoisotopic (exact) mass is 458 g/mol. The predicted octanol–water partition coefficient (Wildman–Crippen LogP) is 4.43. The lowest BCUT2D eigenvalue weighted by molar-refractivity contribution is -0.112. The lowest BCUT2D eigenvalue weighted by Gasteiger charge is -2.35. The quantitative estimate of drug-likeness (QED) is 0.453. The van der Waals surface area contributed by atoms with Gasteiger partial charge in [0.15, 0.2) is 0 Å². The van der Waals surface area contributed by atoms with Crippen LogP contribution >= 0.6 is 0 Å². The first-order valence-electron chi connectivity index (χ1n) is 11.6. The van der Waals surface area contributed by atoms with Gasteiger partial charge in [-0.05, 0) is 56.4 Å². The summed E-state index contributed by atoms with van der Waals surface area (Å²) in [7, 11) is 0. The highest BCUT2D eigenvalue weighted by Crippen LogP contribution is 2.25. The van der Waals surface area contributed by atoms with Gasteiger partial charge in [0.25, 0.3) is 17.6 Å². The van der Waals surface area contributed by atoms with E-state index in [2.05, 4.69) is 24.3 Å². The Morgan fingerprint density at radius 3 is 2.21 bits per heavy atom. The predicted molar refractivity (Wildman–Crippen MR) is 131 cm³/mol. The van der Waals surface area contributed by atoms with Gasteiger partial charge in [-0.2, -0.15) is 5.10 Å². The molecule has 1 aliphatic heterocycles. The number of para-hydroxylation sites is 2. The van der Waals surface area contributed by atoms with Crippen molar-refractivity contribution in [2.24, 2.45) is 11.8 Å². The molecule has 1 aliphatic rings. The Kier molecular flexibility index (Phi) is 6.63. The van der Waals surface area contributed by atoms with E-state index in [0.29, 0.717) is 47.6 Å². The fourth-order valence-electron chi connectivity index (χ4n) is 4.86. The van der Waals surface area contributed by atoms with Crippen LogP contribution in [0.4, 0.5) is 5.69 Å². The molecule has 2 amide bonds. The van der Waals surface area contributed by atoms with Crippen LogP contribution in [-0.4, -0.2) is 45.4 Å². The van der Waals surface area contributed by atoms with Gasteiger partial charge in [-0.25, -0.2) is 4.68 Å². The second-order valence-corrected chi connectivity index (χ2v) is 9.28. The second kappa shape index (κ2) is 9.63. The van der Waals surface area contributed by atoms with Crippen LogP contribution in [0.2, 0.25) is 0 Å². The normalized spacial score (nSPS) is 17.9. The van der Waals surface area contributed by atoms with Gasteiger partial charge in [0, 0.05) is 13.1 Å². The number of rotatable bonds is 5. The molecule has 1 fully saturated rings. The van der Waals surface area contributed by atoms with Crippen molar-refractivity contribution in [1.29, 1.82) is 0 Å². The number of hydrogen-bond donors (Lipinski definition) is 1. The fraction of sp³-hybridized carbons (Fsp3) is 0.333. The van der Waals surface area contributed by atoms with Crippen LogP contribution in [0.3, 0.4) is 0 Å². The van der Waals surface area contributed by atoms with Gasteiger partial charge in [-0.3, -0.25) is 14.4 Å². The number of hydrogen-bond acceptors (Lipinski definition) is 4. The van der Waals surface area contributed by atoms with Crippen molar-refractivity contribution >= 4 is 23.3 Å². The van der Waals surface area contributed by atoms with E-state index < -0.39 is 11.7 Å². The van der Waals surface area contributed by atoms with Gasteiger partial charge in [0.2, 0.25) is 0 Å². The maximum absolute atomic E-state index is 13.3. The van der Waals surface area contributed by atoms with Crippen molar-refractivity contribution in [3.05, 3.63) is 77.1 Å². The third-order valence-corrected chi connectivity index (χ3v) is 6.29. The number of nitrogens with zero attached hydrogens (tertiary/aromatic N) is 3.